The van der Waals surface area contributed by atoms with Crippen molar-refractivity contribution in [2.24, 2.45) is 11.8 Å². The van der Waals surface area contributed by atoms with Crippen LogP contribution in [0.3, 0.4) is 0 Å². The van der Waals surface area contributed by atoms with Crippen molar-refractivity contribution in [3.8, 4) is 0 Å². The Kier molecular flexibility index (Phi) is 2.95. The molecule has 17 heavy (non-hydrogen) atoms. The number of nitrogens with zero attached hydrogens (tertiary/aromatic N) is 1. The van der Waals surface area contributed by atoms with Crippen molar-refractivity contribution >= 4 is 0 Å². The second-order valence-corrected chi connectivity index (χ2v) is 5.56. The van der Waals surface area contributed by atoms with E-state index in [-0.39, 0.29) is 6.04 Å². The highest BCUT2D eigenvalue weighted by Crippen LogP contribution is 2.63. The van der Waals surface area contributed by atoms with Crippen LogP contribution in [0.4, 0.5) is 0 Å². The highest BCUT2D eigenvalue weighted by atomic mass is 16.4. The molecule has 0 amide bonds. The van der Waals surface area contributed by atoms with Crippen molar-refractivity contribution < 1.29 is 4.42 Å². The summed E-state index contributed by atoms with van der Waals surface area (Å²) < 4.78 is 5.93. The van der Waals surface area contributed by atoms with Crippen molar-refractivity contribution in [3.05, 3.63) is 17.8 Å². The van der Waals surface area contributed by atoms with Crippen molar-refractivity contribution in [1.82, 2.24) is 10.3 Å². The first-order valence-electron chi connectivity index (χ1n) is 7.00. The van der Waals surface area contributed by atoms with Gasteiger partial charge < -0.3 is 9.73 Å². The Balaban J connectivity index is 1.63. The standard InChI is InChI=1S/C14H22N2O/c1-3-7-15-9(2)14-16-8-12(17-14)13-10-5-4-6-11(10)13/h8-11,13,15H,3-7H2,1-2H3. The van der Waals surface area contributed by atoms with Crippen LogP contribution in [0.1, 0.15) is 63.1 Å². The molecule has 0 saturated heterocycles. The summed E-state index contributed by atoms with van der Waals surface area (Å²) in [6.45, 7) is 5.32. The van der Waals surface area contributed by atoms with Crippen LogP contribution < -0.4 is 5.32 Å². The number of fused-ring (bicyclic) bond motifs is 1. The molecule has 2 fully saturated rings. The molecule has 3 atom stereocenters. The number of nitrogens with one attached hydrogen (secondary N) is 1. The van der Waals surface area contributed by atoms with Gasteiger partial charge in [-0.05, 0) is 44.6 Å². The van der Waals surface area contributed by atoms with Gasteiger partial charge in [0.25, 0.3) is 0 Å². The Hall–Kier alpha value is -0.830. The van der Waals surface area contributed by atoms with Crippen LogP contribution in [0.25, 0.3) is 0 Å². The number of oxazole rings is 1. The summed E-state index contributed by atoms with van der Waals surface area (Å²) in [5.74, 6) is 4.52. The van der Waals surface area contributed by atoms with E-state index in [1.807, 2.05) is 6.20 Å². The SMILES string of the molecule is CCCNC(C)c1ncc(C2C3CCCC32)o1. The lowest BCUT2D eigenvalue weighted by molar-refractivity contribution is 0.387. The molecule has 1 N–H and O–H groups in total. The molecular formula is C14H22N2O. The fourth-order valence-electron chi connectivity index (χ4n) is 3.35. The third kappa shape index (κ3) is 2.01. The van der Waals surface area contributed by atoms with Crippen LogP contribution >= 0.6 is 0 Å². The van der Waals surface area contributed by atoms with E-state index < -0.39 is 0 Å². The van der Waals surface area contributed by atoms with E-state index in [0.29, 0.717) is 5.92 Å². The van der Waals surface area contributed by atoms with E-state index in [1.165, 1.54) is 19.3 Å². The van der Waals surface area contributed by atoms with E-state index >= 15 is 0 Å². The number of hydrogen-bond acceptors (Lipinski definition) is 3. The van der Waals surface area contributed by atoms with Crippen LogP contribution in [0.15, 0.2) is 10.6 Å². The van der Waals surface area contributed by atoms with E-state index in [4.69, 9.17) is 4.42 Å². The maximum absolute atomic E-state index is 5.93. The summed E-state index contributed by atoms with van der Waals surface area (Å²) in [4.78, 5) is 4.43. The molecule has 0 aromatic carbocycles. The topological polar surface area (TPSA) is 38.1 Å². The lowest BCUT2D eigenvalue weighted by atomic mass is 10.1. The van der Waals surface area contributed by atoms with Gasteiger partial charge in [0.1, 0.15) is 5.76 Å². The molecule has 94 valence electrons. The maximum atomic E-state index is 5.93. The minimum absolute atomic E-state index is 0.238. The molecule has 3 rings (SSSR count). The zero-order valence-electron chi connectivity index (χ0n) is 10.8. The summed E-state index contributed by atoms with van der Waals surface area (Å²) in [5.41, 5.74) is 0. The highest BCUT2D eigenvalue weighted by molar-refractivity contribution is 5.20. The third-order valence-corrected chi connectivity index (χ3v) is 4.35. The Labute approximate surface area is 103 Å². The molecule has 3 heteroatoms. The molecular weight excluding hydrogens is 212 g/mol. The van der Waals surface area contributed by atoms with Gasteiger partial charge in [-0.1, -0.05) is 13.3 Å². The zero-order valence-corrected chi connectivity index (χ0v) is 10.8. The molecule has 1 aromatic heterocycles. The van der Waals surface area contributed by atoms with E-state index in [9.17, 15) is 0 Å². The number of hydrogen-bond donors (Lipinski definition) is 1. The lowest BCUT2D eigenvalue weighted by Gasteiger charge is -2.08. The van der Waals surface area contributed by atoms with Gasteiger partial charge >= 0.3 is 0 Å². The summed E-state index contributed by atoms with van der Waals surface area (Å²) in [6.07, 6.45) is 7.32. The normalized spacial score (nSPS) is 32.5. The average molecular weight is 234 g/mol. The predicted molar refractivity (Wildman–Crippen MR) is 66.8 cm³/mol. The molecule has 0 spiro atoms. The molecule has 2 aliphatic carbocycles. The Morgan fingerprint density at radius 1 is 1.47 bits per heavy atom. The second kappa shape index (κ2) is 4.45. The molecule has 1 heterocycles. The Morgan fingerprint density at radius 2 is 2.24 bits per heavy atom. The second-order valence-electron chi connectivity index (χ2n) is 5.56. The Morgan fingerprint density at radius 3 is 2.94 bits per heavy atom. The molecule has 2 saturated carbocycles. The first-order chi connectivity index (χ1) is 8.31. The van der Waals surface area contributed by atoms with Gasteiger partial charge in [-0.15, -0.1) is 0 Å². The summed E-state index contributed by atoms with van der Waals surface area (Å²) in [5, 5.41) is 3.42. The van der Waals surface area contributed by atoms with Crippen LogP contribution in [-0.4, -0.2) is 11.5 Å². The highest BCUT2D eigenvalue weighted by Gasteiger charge is 2.55. The first-order valence-corrected chi connectivity index (χ1v) is 7.00. The van der Waals surface area contributed by atoms with Gasteiger partial charge in [-0.2, -0.15) is 0 Å². The Bertz CT molecular complexity index is 377. The quantitative estimate of drug-likeness (QED) is 0.850. The van der Waals surface area contributed by atoms with Crippen LogP contribution in [-0.2, 0) is 0 Å². The van der Waals surface area contributed by atoms with Crippen molar-refractivity contribution in [2.75, 3.05) is 6.54 Å². The van der Waals surface area contributed by atoms with Gasteiger partial charge in [0.05, 0.1) is 12.2 Å². The molecule has 3 nitrogen and oxygen atoms in total. The minimum Gasteiger partial charge on any atom is -0.444 e. The van der Waals surface area contributed by atoms with E-state index in [0.717, 1.165) is 36.5 Å². The van der Waals surface area contributed by atoms with Crippen LogP contribution in [0, 0.1) is 11.8 Å². The maximum Gasteiger partial charge on any atom is 0.211 e. The zero-order chi connectivity index (χ0) is 11.8. The fraction of sp³-hybridized carbons (Fsp3) is 0.786. The molecule has 0 aliphatic heterocycles. The summed E-state index contributed by atoms with van der Waals surface area (Å²) >= 11 is 0. The van der Waals surface area contributed by atoms with Gasteiger partial charge in [-0.3, -0.25) is 0 Å². The summed E-state index contributed by atoms with van der Waals surface area (Å²) in [6, 6.07) is 0.238. The predicted octanol–water partition coefficient (Wildman–Crippen LogP) is 3.25. The molecule has 0 radical (unpaired) electrons. The third-order valence-electron chi connectivity index (χ3n) is 4.35. The first kappa shape index (κ1) is 11.3. The monoisotopic (exact) mass is 234 g/mol. The number of aromatic nitrogens is 1. The van der Waals surface area contributed by atoms with Gasteiger partial charge in [-0.25, -0.2) is 4.98 Å². The molecule has 1 aromatic rings. The van der Waals surface area contributed by atoms with Crippen LogP contribution in [0.2, 0.25) is 0 Å². The average Bonchev–Trinajstić information content (AvgIpc) is 2.80. The van der Waals surface area contributed by atoms with Gasteiger partial charge in [0.15, 0.2) is 0 Å². The van der Waals surface area contributed by atoms with Crippen molar-refractivity contribution in [2.45, 2.75) is 51.5 Å². The van der Waals surface area contributed by atoms with E-state index in [2.05, 4.69) is 24.1 Å². The fourth-order valence-corrected chi connectivity index (χ4v) is 3.35. The van der Waals surface area contributed by atoms with E-state index in [1.54, 1.807) is 0 Å². The lowest BCUT2D eigenvalue weighted by Crippen LogP contribution is -2.19. The largest absolute Gasteiger partial charge is 0.444 e. The molecule has 2 aliphatic rings. The van der Waals surface area contributed by atoms with Gasteiger partial charge in [0, 0.05) is 5.92 Å². The van der Waals surface area contributed by atoms with Crippen molar-refractivity contribution in [3.63, 3.8) is 0 Å². The minimum atomic E-state index is 0.238. The van der Waals surface area contributed by atoms with Crippen LogP contribution in [0.5, 0.6) is 0 Å². The number of rotatable bonds is 5. The molecule has 0 bridgehead atoms. The van der Waals surface area contributed by atoms with Gasteiger partial charge in [0.2, 0.25) is 5.89 Å². The molecule has 3 unspecified atom stereocenters. The summed E-state index contributed by atoms with van der Waals surface area (Å²) in [7, 11) is 0. The smallest absolute Gasteiger partial charge is 0.211 e. The van der Waals surface area contributed by atoms with Crippen molar-refractivity contribution in [1.29, 1.82) is 0 Å².